The highest BCUT2D eigenvalue weighted by Crippen LogP contribution is 2.31. The van der Waals surface area contributed by atoms with E-state index >= 15 is 0 Å². The van der Waals surface area contributed by atoms with Gasteiger partial charge in [-0.05, 0) is 0 Å². The van der Waals surface area contributed by atoms with E-state index in [1.807, 2.05) is 60.7 Å². The Bertz CT molecular complexity index is 1130. The maximum Gasteiger partial charge on any atom is 0.342 e. The molecule has 0 fully saturated rings. The molecule has 0 atom stereocenters. The summed E-state index contributed by atoms with van der Waals surface area (Å²) in [5.41, 5.74) is 1.98. The van der Waals surface area contributed by atoms with E-state index in [9.17, 15) is 14.7 Å². The van der Waals surface area contributed by atoms with Gasteiger partial charge in [-0.3, -0.25) is 4.79 Å². The Balaban J connectivity index is 2.15. The van der Waals surface area contributed by atoms with Crippen LogP contribution in [0.2, 0.25) is 0 Å². The molecule has 0 amide bonds. The fourth-order valence-electron chi connectivity index (χ4n) is 2.86. The number of benzene rings is 2. The number of carboxylic acids is 1. The van der Waals surface area contributed by atoms with Crippen molar-refractivity contribution in [1.29, 1.82) is 0 Å². The van der Waals surface area contributed by atoms with Crippen LogP contribution < -0.4 is 5.56 Å². The van der Waals surface area contributed by atoms with E-state index in [4.69, 9.17) is 0 Å². The second-order valence-electron chi connectivity index (χ2n) is 5.52. The van der Waals surface area contributed by atoms with Gasteiger partial charge >= 0.3 is 5.97 Å². The molecule has 6 heteroatoms. The van der Waals surface area contributed by atoms with Crippen LogP contribution in [-0.2, 0) is 0 Å². The number of hydrogen-bond acceptors (Lipinski definition) is 3. The molecule has 2 aromatic heterocycles. The third kappa shape index (κ3) is 2.40. The number of imidazole rings is 1. The summed E-state index contributed by atoms with van der Waals surface area (Å²) in [6.07, 6.45) is 1.08. The first kappa shape index (κ1) is 14.9. The van der Waals surface area contributed by atoms with Gasteiger partial charge in [0.2, 0.25) is 5.78 Å². The van der Waals surface area contributed by atoms with Crippen LogP contribution in [0.3, 0.4) is 0 Å². The number of aromatic carboxylic acids is 1. The standard InChI is InChI=1S/C19H13N3O3/c23-17-14(18(24)25)11-20-19-21-15(12-7-3-1-4-8-12)16(22(17)19)13-9-5-2-6-10-13/h1-11H,(H,20,21)(H,24,25). The first-order valence-electron chi connectivity index (χ1n) is 7.64. The molecule has 0 saturated heterocycles. The van der Waals surface area contributed by atoms with Crippen molar-refractivity contribution in [2.75, 3.05) is 0 Å². The minimum atomic E-state index is -1.30. The van der Waals surface area contributed by atoms with E-state index < -0.39 is 11.5 Å². The van der Waals surface area contributed by atoms with Gasteiger partial charge in [-0.25, -0.2) is 14.2 Å². The van der Waals surface area contributed by atoms with Crippen molar-refractivity contribution in [3.63, 3.8) is 0 Å². The molecular weight excluding hydrogens is 318 g/mol. The van der Waals surface area contributed by atoms with Crippen molar-refractivity contribution < 1.29 is 9.90 Å². The molecule has 0 saturated carbocycles. The Morgan fingerprint density at radius 2 is 1.56 bits per heavy atom. The Kier molecular flexibility index (Phi) is 3.43. The number of rotatable bonds is 3. The van der Waals surface area contributed by atoms with Gasteiger partial charge in [0.1, 0.15) is 5.56 Å². The summed E-state index contributed by atoms with van der Waals surface area (Å²) >= 11 is 0. The molecule has 0 spiro atoms. The van der Waals surface area contributed by atoms with E-state index in [1.165, 1.54) is 4.40 Å². The Hall–Kier alpha value is -3.67. The summed E-state index contributed by atoms with van der Waals surface area (Å²) in [6, 6.07) is 18.9. The molecule has 2 aromatic carbocycles. The van der Waals surface area contributed by atoms with Crippen LogP contribution in [0.15, 0.2) is 71.7 Å². The van der Waals surface area contributed by atoms with Crippen LogP contribution in [0.5, 0.6) is 0 Å². The first-order valence-corrected chi connectivity index (χ1v) is 7.64. The van der Waals surface area contributed by atoms with Crippen molar-refractivity contribution in [2.45, 2.75) is 0 Å². The van der Waals surface area contributed by atoms with Gasteiger partial charge in [-0.2, -0.15) is 0 Å². The Labute approximate surface area is 142 Å². The molecular formula is C19H13N3O3. The van der Waals surface area contributed by atoms with Crippen molar-refractivity contribution in [3.8, 4) is 22.5 Å². The number of nitrogens with zero attached hydrogens (tertiary/aromatic N) is 2. The fourth-order valence-corrected chi connectivity index (χ4v) is 2.86. The fraction of sp³-hybridized carbons (Fsp3) is 0. The van der Waals surface area contributed by atoms with Crippen molar-refractivity contribution in [1.82, 2.24) is 14.4 Å². The lowest BCUT2D eigenvalue weighted by Crippen LogP contribution is -2.22. The normalized spacial score (nSPS) is 10.9. The van der Waals surface area contributed by atoms with Gasteiger partial charge in [-0.1, -0.05) is 60.7 Å². The number of hydrogen-bond donors (Lipinski definition) is 2. The number of aromatic amines is 1. The van der Waals surface area contributed by atoms with Gasteiger partial charge in [0.15, 0.2) is 0 Å². The number of aromatic nitrogens is 3. The zero-order chi connectivity index (χ0) is 17.4. The lowest BCUT2D eigenvalue weighted by molar-refractivity contribution is 0.0694. The number of H-pyrrole nitrogens is 1. The highest BCUT2D eigenvalue weighted by atomic mass is 16.4. The van der Waals surface area contributed by atoms with Crippen molar-refractivity contribution >= 4 is 11.7 Å². The zero-order valence-corrected chi connectivity index (χ0v) is 13.0. The lowest BCUT2D eigenvalue weighted by atomic mass is 10.0. The zero-order valence-electron chi connectivity index (χ0n) is 13.0. The molecule has 2 N–H and O–H groups in total. The van der Waals surface area contributed by atoms with E-state index in [0.29, 0.717) is 17.2 Å². The van der Waals surface area contributed by atoms with E-state index in [1.54, 1.807) is 0 Å². The number of nitrogens with one attached hydrogen (secondary N) is 1. The van der Waals surface area contributed by atoms with E-state index in [-0.39, 0.29) is 5.56 Å². The smallest absolute Gasteiger partial charge is 0.342 e. The maximum absolute atomic E-state index is 12.7. The average Bonchev–Trinajstić information content (AvgIpc) is 3.03. The third-order valence-electron chi connectivity index (χ3n) is 4.00. The third-order valence-corrected chi connectivity index (χ3v) is 4.00. The molecule has 0 aliphatic heterocycles. The molecule has 25 heavy (non-hydrogen) atoms. The van der Waals surface area contributed by atoms with Crippen LogP contribution in [0.25, 0.3) is 28.3 Å². The predicted molar refractivity (Wildman–Crippen MR) is 93.6 cm³/mol. The van der Waals surface area contributed by atoms with Crippen LogP contribution in [0.1, 0.15) is 10.4 Å². The predicted octanol–water partition coefficient (Wildman–Crippen LogP) is 3.05. The summed E-state index contributed by atoms with van der Waals surface area (Å²) in [4.78, 5) is 31.3. The quantitative estimate of drug-likeness (QED) is 0.604. The summed E-state index contributed by atoms with van der Waals surface area (Å²) in [7, 11) is 0. The van der Waals surface area contributed by atoms with E-state index in [0.717, 1.165) is 17.3 Å². The molecule has 4 aromatic rings. The van der Waals surface area contributed by atoms with Gasteiger partial charge < -0.3 is 10.1 Å². The number of carbonyl (C=O) groups is 1. The highest BCUT2D eigenvalue weighted by Gasteiger charge is 2.20. The molecule has 0 aliphatic rings. The molecule has 4 rings (SSSR count). The molecule has 6 nitrogen and oxygen atoms in total. The molecule has 0 bridgehead atoms. The first-order chi connectivity index (χ1) is 12.2. The Morgan fingerprint density at radius 3 is 2.16 bits per heavy atom. The molecule has 2 heterocycles. The minimum Gasteiger partial charge on any atom is -0.477 e. The van der Waals surface area contributed by atoms with Gasteiger partial charge in [0.05, 0.1) is 17.6 Å². The van der Waals surface area contributed by atoms with Crippen LogP contribution >= 0.6 is 0 Å². The van der Waals surface area contributed by atoms with Gasteiger partial charge in [-0.15, -0.1) is 0 Å². The second kappa shape index (κ2) is 5.76. The monoisotopic (exact) mass is 331 g/mol. The van der Waals surface area contributed by atoms with Gasteiger partial charge in [0.25, 0.3) is 5.56 Å². The molecule has 0 aliphatic carbocycles. The minimum absolute atomic E-state index is 0.299. The summed E-state index contributed by atoms with van der Waals surface area (Å²) in [6.45, 7) is 0. The SMILES string of the molecule is O=C(O)c1cnc2[nH]c(-c3ccccc3)c(-c3ccccc3)n2c1=O. The number of fused-ring (bicyclic) bond motifs is 1. The summed E-state index contributed by atoms with van der Waals surface area (Å²) < 4.78 is 1.32. The van der Waals surface area contributed by atoms with E-state index in [2.05, 4.69) is 9.97 Å². The van der Waals surface area contributed by atoms with Crippen LogP contribution in [0, 0.1) is 0 Å². The average molecular weight is 331 g/mol. The molecule has 0 radical (unpaired) electrons. The topological polar surface area (TPSA) is 87.5 Å². The van der Waals surface area contributed by atoms with Crippen LogP contribution in [-0.4, -0.2) is 25.4 Å². The molecule has 122 valence electrons. The second-order valence-corrected chi connectivity index (χ2v) is 5.52. The number of carboxylic acid groups (broad SMARTS) is 1. The van der Waals surface area contributed by atoms with Crippen molar-refractivity contribution in [3.05, 3.63) is 82.8 Å². The largest absolute Gasteiger partial charge is 0.477 e. The van der Waals surface area contributed by atoms with Crippen molar-refractivity contribution in [2.24, 2.45) is 0 Å². The summed E-state index contributed by atoms with van der Waals surface area (Å²) in [5, 5.41) is 9.25. The highest BCUT2D eigenvalue weighted by molar-refractivity contribution is 5.88. The maximum atomic E-state index is 12.7. The molecule has 0 unspecified atom stereocenters. The Morgan fingerprint density at radius 1 is 0.960 bits per heavy atom. The lowest BCUT2D eigenvalue weighted by Gasteiger charge is -2.06. The van der Waals surface area contributed by atoms with Crippen LogP contribution in [0.4, 0.5) is 0 Å². The summed E-state index contributed by atoms with van der Waals surface area (Å²) in [5.74, 6) is -0.999. The van der Waals surface area contributed by atoms with Gasteiger partial charge in [0, 0.05) is 11.1 Å².